The van der Waals surface area contributed by atoms with Gasteiger partial charge in [-0.3, -0.25) is 4.79 Å². The van der Waals surface area contributed by atoms with Crippen molar-refractivity contribution in [2.24, 2.45) is 5.92 Å². The Morgan fingerprint density at radius 3 is 2.08 bits per heavy atom. The number of sulfonamides is 1. The Hall–Kier alpha value is -3.36. The molecule has 0 aliphatic carbocycles. The van der Waals surface area contributed by atoms with Crippen LogP contribution in [0.2, 0.25) is 0 Å². The number of rotatable bonds is 10. The summed E-state index contributed by atoms with van der Waals surface area (Å²) in [6.07, 6.45) is 3.03. The Balaban J connectivity index is 1.49. The maximum Gasteiger partial charge on any atom is 0.241 e. The van der Waals surface area contributed by atoms with E-state index >= 15 is 0 Å². The van der Waals surface area contributed by atoms with Crippen LogP contribution in [-0.4, -0.2) is 52.6 Å². The van der Waals surface area contributed by atoms with E-state index in [0.717, 1.165) is 24.8 Å². The van der Waals surface area contributed by atoms with Crippen molar-refractivity contribution < 1.29 is 22.7 Å². The number of likely N-dealkylation sites (tertiary alicyclic amines) is 1. The normalized spacial score (nSPS) is 15.2. The molecule has 1 N–H and O–H groups in total. The molecular formula is C29H34N2O5S. The summed E-state index contributed by atoms with van der Waals surface area (Å²) in [4.78, 5) is 15.5. The Morgan fingerprint density at radius 2 is 1.49 bits per heavy atom. The van der Waals surface area contributed by atoms with Gasteiger partial charge >= 0.3 is 0 Å². The summed E-state index contributed by atoms with van der Waals surface area (Å²) >= 11 is 0. The summed E-state index contributed by atoms with van der Waals surface area (Å²) in [5, 5.41) is 0. The van der Waals surface area contributed by atoms with Crippen LogP contribution in [0.4, 0.5) is 0 Å². The molecule has 196 valence electrons. The van der Waals surface area contributed by atoms with Crippen LogP contribution >= 0.6 is 0 Å². The fourth-order valence-corrected chi connectivity index (χ4v) is 6.00. The van der Waals surface area contributed by atoms with Gasteiger partial charge < -0.3 is 14.4 Å². The van der Waals surface area contributed by atoms with E-state index in [2.05, 4.69) is 16.9 Å². The Kier molecular flexibility index (Phi) is 8.84. The summed E-state index contributed by atoms with van der Waals surface area (Å²) in [7, 11) is -1.07. The average molecular weight is 523 g/mol. The van der Waals surface area contributed by atoms with Crippen molar-refractivity contribution in [3.8, 4) is 11.5 Å². The molecule has 3 aromatic carbocycles. The number of nitrogens with one attached hydrogen (secondary N) is 1. The van der Waals surface area contributed by atoms with E-state index in [-0.39, 0.29) is 17.2 Å². The molecule has 0 radical (unpaired) electrons. The van der Waals surface area contributed by atoms with Crippen LogP contribution in [0.5, 0.6) is 11.5 Å². The summed E-state index contributed by atoms with van der Waals surface area (Å²) in [6, 6.07) is 23.3. The van der Waals surface area contributed by atoms with Crippen LogP contribution in [0.1, 0.15) is 24.0 Å². The molecule has 0 unspecified atom stereocenters. The van der Waals surface area contributed by atoms with Crippen molar-refractivity contribution in [1.29, 1.82) is 0 Å². The summed E-state index contributed by atoms with van der Waals surface area (Å²) in [6.45, 7) is 1.22. The molecule has 0 aromatic heterocycles. The topological polar surface area (TPSA) is 84.9 Å². The van der Waals surface area contributed by atoms with Crippen molar-refractivity contribution in [3.05, 3.63) is 90.0 Å². The first-order chi connectivity index (χ1) is 17.9. The minimum absolute atomic E-state index is 0.0116. The molecule has 0 spiro atoms. The molecule has 0 bridgehead atoms. The number of hydrogen-bond acceptors (Lipinski definition) is 5. The number of hydrogen-bond donors (Lipinski definition) is 1. The van der Waals surface area contributed by atoms with Gasteiger partial charge in [0.05, 0.1) is 19.1 Å². The van der Waals surface area contributed by atoms with E-state index in [1.807, 2.05) is 48.5 Å². The number of methoxy groups -OCH3 is 2. The first-order valence-electron chi connectivity index (χ1n) is 12.5. The predicted molar refractivity (Wildman–Crippen MR) is 143 cm³/mol. The average Bonchev–Trinajstić information content (AvgIpc) is 2.93. The van der Waals surface area contributed by atoms with Gasteiger partial charge in [-0.15, -0.1) is 0 Å². The predicted octanol–water partition coefficient (Wildman–Crippen LogP) is 4.07. The molecule has 1 heterocycles. The van der Waals surface area contributed by atoms with Gasteiger partial charge in [-0.1, -0.05) is 60.7 Å². The third-order valence-corrected chi connectivity index (χ3v) is 8.31. The largest absolute Gasteiger partial charge is 0.493 e. The molecule has 8 heteroatoms. The van der Waals surface area contributed by atoms with E-state index in [1.54, 1.807) is 11.0 Å². The zero-order valence-electron chi connectivity index (χ0n) is 21.3. The second-order valence-corrected chi connectivity index (χ2v) is 11.1. The van der Waals surface area contributed by atoms with Crippen LogP contribution in [0.3, 0.4) is 0 Å². The second-order valence-electron chi connectivity index (χ2n) is 9.34. The lowest BCUT2D eigenvalue weighted by Crippen LogP contribution is -2.51. The first-order valence-corrected chi connectivity index (χ1v) is 14.0. The third-order valence-electron chi connectivity index (χ3n) is 6.84. The molecule has 1 aliphatic heterocycles. The highest BCUT2D eigenvalue weighted by Crippen LogP contribution is 2.30. The number of carbonyl (C=O) groups is 1. The van der Waals surface area contributed by atoms with Gasteiger partial charge in [-0.25, -0.2) is 8.42 Å². The lowest BCUT2D eigenvalue weighted by Gasteiger charge is -2.34. The van der Waals surface area contributed by atoms with Crippen molar-refractivity contribution in [1.82, 2.24) is 9.62 Å². The van der Waals surface area contributed by atoms with E-state index in [4.69, 9.17) is 9.47 Å². The molecule has 3 aromatic rings. The fraction of sp³-hybridized carbons (Fsp3) is 0.345. The minimum Gasteiger partial charge on any atom is -0.493 e. The van der Waals surface area contributed by atoms with Crippen LogP contribution in [-0.2, 0) is 27.7 Å². The first kappa shape index (κ1) is 26.7. The number of ether oxygens (including phenoxy) is 2. The molecule has 1 atom stereocenters. The van der Waals surface area contributed by atoms with Gasteiger partial charge in [0.1, 0.15) is 6.04 Å². The minimum atomic E-state index is -4.01. The summed E-state index contributed by atoms with van der Waals surface area (Å²) in [5.41, 5.74) is 2.19. The van der Waals surface area contributed by atoms with Crippen molar-refractivity contribution in [2.45, 2.75) is 36.6 Å². The maximum absolute atomic E-state index is 13.7. The SMILES string of the molecule is COc1ccc(S(=O)(=O)N[C@H](Cc2ccccc2)C(=O)N2CCC(Cc3ccccc3)CC2)cc1OC. The monoisotopic (exact) mass is 522 g/mol. The van der Waals surface area contributed by atoms with Gasteiger partial charge in [0.25, 0.3) is 0 Å². The van der Waals surface area contributed by atoms with Gasteiger partial charge in [0.15, 0.2) is 11.5 Å². The van der Waals surface area contributed by atoms with E-state index in [1.165, 1.54) is 31.9 Å². The highest BCUT2D eigenvalue weighted by Gasteiger charge is 2.32. The third kappa shape index (κ3) is 6.90. The number of amides is 1. The number of carbonyl (C=O) groups excluding carboxylic acids is 1. The quantitative estimate of drug-likeness (QED) is 0.434. The second kappa shape index (κ2) is 12.3. The Morgan fingerprint density at radius 1 is 0.892 bits per heavy atom. The number of benzene rings is 3. The molecule has 7 nitrogen and oxygen atoms in total. The van der Waals surface area contributed by atoms with E-state index in [0.29, 0.717) is 30.5 Å². The standard InChI is InChI=1S/C29H34N2O5S/c1-35-27-14-13-25(21-28(27)36-2)37(33,34)30-26(20-23-11-7-4-8-12-23)29(32)31-17-15-24(16-18-31)19-22-9-5-3-6-10-22/h3-14,21,24,26,30H,15-20H2,1-2H3/t26-/m1/s1. The molecule has 0 saturated carbocycles. The van der Waals surface area contributed by atoms with Crippen molar-refractivity contribution >= 4 is 15.9 Å². The highest BCUT2D eigenvalue weighted by atomic mass is 32.2. The van der Waals surface area contributed by atoms with Gasteiger partial charge in [-0.05, 0) is 54.9 Å². The van der Waals surface area contributed by atoms with Crippen LogP contribution in [0, 0.1) is 5.92 Å². The van der Waals surface area contributed by atoms with E-state index in [9.17, 15) is 13.2 Å². The molecule has 4 rings (SSSR count). The van der Waals surface area contributed by atoms with Gasteiger partial charge in [-0.2, -0.15) is 4.72 Å². The lowest BCUT2D eigenvalue weighted by molar-refractivity contribution is -0.134. The van der Waals surface area contributed by atoms with Gasteiger partial charge in [0, 0.05) is 19.2 Å². The van der Waals surface area contributed by atoms with Crippen molar-refractivity contribution in [3.63, 3.8) is 0 Å². The summed E-state index contributed by atoms with van der Waals surface area (Å²) < 4.78 is 39.9. The zero-order valence-corrected chi connectivity index (χ0v) is 22.1. The highest BCUT2D eigenvalue weighted by molar-refractivity contribution is 7.89. The number of nitrogens with zero attached hydrogens (tertiary/aromatic N) is 1. The zero-order chi connectivity index (χ0) is 26.3. The maximum atomic E-state index is 13.7. The molecule has 1 fully saturated rings. The Labute approximate surface area is 219 Å². The van der Waals surface area contributed by atoms with Crippen LogP contribution < -0.4 is 14.2 Å². The Bertz CT molecular complexity index is 1270. The van der Waals surface area contributed by atoms with Crippen LogP contribution in [0.25, 0.3) is 0 Å². The van der Waals surface area contributed by atoms with E-state index < -0.39 is 16.1 Å². The van der Waals surface area contributed by atoms with Crippen LogP contribution in [0.15, 0.2) is 83.8 Å². The molecule has 1 amide bonds. The molecule has 1 aliphatic rings. The smallest absolute Gasteiger partial charge is 0.241 e. The molecular weight excluding hydrogens is 488 g/mol. The van der Waals surface area contributed by atoms with Gasteiger partial charge in [0.2, 0.25) is 15.9 Å². The molecule has 1 saturated heterocycles. The summed E-state index contributed by atoms with van der Waals surface area (Å²) in [5.74, 6) is 1.03. The lowest BCUT2D eigenvalue weighted by atomic mass is 9.90. The fourth-order valence-electron chi connectivity index (χ4n) is 4.79. The molecule has 37 heavy (non-hydrogen) atoms. The van der Waals surface area contributed by atoms with Crippen molar-refractivity contribution in [2.75, 3.05) is 27.3 Å². The number of piperidine rings is 1.